The summed E-state index contributed by atoms with van der Waals surface area (Å²) in [4.78, 5) is 17.6. The van der Waals surface area contributed by atoms with Crippen LogP contribution in [0.2, 0.25) is 0 Å². The number of allylic oxidation sites excluding steroid dienone is 1. The fourth-order valence-electron chi connectivity index (χ4n) is 4.38. The zero-order chi connectivity index (χ0) is 23.8. The van der Waals surface area contributed by atoms with Crippen LogP contribution in [0.25, 0.3) is 0 Å². The molecule has 0 aliphatic carbocycles. The summed E-state index contributed by atoms with van der Waals surface area (Å²) in [5, 5.41) is 3.51. The Kier molecular flexibility index (Phi) is 9.07. The Morgan fingerprint density at radius 2 is 1.88 bits per heavy atom. The van der Waals surface area contributed by atoms with Crippen molar-refractivity contribution in [2.45, 2.75) is 18.6 Å². The summed E-state index contributed by atoms with van der Waals surface area (Å²) in [6.07, 6.45) is 3.86. The molecule has 182 valence electrons. The molecule has 3 heterocycles. The fraction of sp³-hybridized carbons (Fsp3) is 0.423. The molecule has 3 aliphatic heterocycles. The highest BCUT2D eigenvalue weighted by Gasteiger charge is 2.24. The molecule has 2 aromatic carbocycles. The van der Waals surface area contributed by atoms with Crippen molar-refractivity contribution < 1.29 is 9.53 Å². The van der Waals surface area contributed by atoms with E-state index in [0.717, 1.165) is 43.9 Å². The third kappa shape index (κ3) is 6.23. The van der Waals surface area contributed by atoms with E-state index in [1.807, 2.05) is 29.6 Å². The molecule has 0 bridgehead atoms. The number of rotatable bonds is 4. The number of amides is 1. The van der Waals surface area contributed by atoms with Crippen molar-refractivity contribution in [1.82, 2.24) is 5.32 Å². The van der Waals surface area contributed by atoms with Gasteiger partial charge in [0.15, 0.2) is 0 Å². The Morgan fingerprint density at radius 1 is 1.03 bits per heavy atom. The lowest BCUT2D eigenvalue weighted by atomic mass is 10.0. The van der Waals surface area contributed by atoms with Gasteiger partial charge in [-0.3, -0.25) is 4.90 Å². The number of anilines is 2. The summed E-state index contributed by atoms with van der Waals surface area (Å²) in [7, 11) is 1.50. The van der Waals surface area contributed by atoms with Gasteiger partial charge in [-0.1, -0.05) is 18.2 Å². The second kappa shape index (κ2) is 12.4. The first-order valence-electron chi connectivity index (χ1n) is 11.9. The highest BCUT2D eigenvalue weighted by Crippen LogP contribution is 2.31. The maximum absolute atomic E-state index is 12.0. The van der Waals surface area contributed by atoms with Crippen molar-refractivity contribution in [2.24, 2.45) is 5.73 Å². The third-order valence-corrected chi connectivity index (χ3v) is 8.17. The monoisotopic (exact) mass is 498 g/mol. The fourth-order valence-corrected chi connectivity index (χ4v) is 6.33. The van der Waals surface area contributed by atoms with Gasteiger partial charge in [-0.05, 0) is 54.4 Å². The summed E-state index contributed by atoms with van der Waals surface area (Å²) < 4.78 is 5.12. The first kappa shape index (κ1) is 24.8. The second-order valence-corrected chi connectivity index (χ2v) is 10.6. The number of benzene rings is 2. The van der Waals surface area contributed by atoms with Crippen LogP contribution in [0.4, 0.5) is 16.2 Å². The molecular formula is C26H34N4O2S2. The Bertz CT molecular complexity index is 1010. The van der Waals surface area contributed by atoms with Gasteiger partial charge in [-0.2, -0.15) is 11.8 Å². The molecule has 2 saturated heterocycles. The van der Waals surface area contributed by atoms with E-state index in [2.05, 4.69) is 58.5 Å². The molecule has 8 heteroatoms. The van der Waals surface area contributed by atoms with Crippen LogP contribution in [-0.4, -0.2) is 57.4 Å². The first-order chi connectivity index (χ1) is 16.8. The second-order valence-electron chi connectivity index (χ2n) is 8.27. The maximum atomic E-state index is 12.0. The zero-order valence-electron chi connectivity index (χ0n) is 19.8. The molecule has 3 aliphatic rings. The average Bonchev–Trinajstić information content (AvgIpc) is 3.35. The molecule has 1 amide bonds. The molecule has 0 radical (unpaired) electrons. The number of carbonyl (C=O) groups is 1. The van der Waals surface area contributed by atoms with Crippen LogP contribution >= 0.6 is 23.5 Å². The molecule has 0 spiro atoms. The molecule has 2 aromatic rings. The number of thioether (sulfide) groups is 2. The summed E-state index contributed by atoms with van der Waals surface area (Å²) >= 11 is 3.93. The number of hydrogen-bond donors (Lipinski definition) is 2. The van der Waals surface area contributed by atoms with E-state index in [1.165, 1.54) is 45.8 Å². The van der Waals surface area contributed by atoms with Crippen LogP contribution in [0.5, 0.6) is 0 Å². The van der Waals surface area contributed by atoms with Gasteiger partial charge in [-0.15, -0.1) is 11.8 Å². The highest BCUT2D eigenvalue weighted by molar-refractivity contribution is 8.02. The van der Waals surface area contributed by atoms with Gasteiger partial charge in [0.05, 0.1) is 6.54 Å². The minimum absolute atomic E-state index is 0.241. The van der Waals surface area contributed by atoms with Gasteiger partial charge >= 0.3 is 6.09 Å². The number of cyclic esters (lactones) is 1. The quantitative estimate of drug-likeness (QED) is 0.654. The minimum Gasteiger partial charge on any atom is -0.447 e. The first-order valence-corrected chi connectivity index (χ1v) is 14.0. The van der Waals surface area contributed by atoms with Gasteiger partial charge in [0.25, 0.3) is 0 Å². The Hall–Kier alpha value is -2.29. The third-order valence-electron chi connectivity index (χ3n) is 6.14. The summed E-state index contributed by atoms with van der Waals surface area (Å²) in [5.74, 6) is 3.33. The van der Waals surface area contributed by atoms with Crippen LogP contribution in [0.1, 0.15) is 16.7 Å². The Labute approximate surface area is 211 Å². The van der Waals surface area contributed by atoms with Crippen molar-refractivity contribution in [3.05, 3.63) is 70.3 Å². The normalized spacial score (nSPS) is 19.8. The Morgan fingerprint density at radius 3 is 2.68 bits per heavy atom. The molecule has 0 aromatic heterocycles. The summed E-state index contributed by atoms with van der Waals surface area (Å²) in [5.41, 5.74) is 10.8. The van der Waals surface area contributed by atoms with Crippen LogP contribution in [0.15, 0.2) is 53.6 Å². The molecule has 6 nitrogen and oxygen atoms in total. The van der Waals surface area contributed by atoms with Crippen molar-refractivity contribution >= 4 is 41.0 Å². The molecule has 3 N–H and O–H groups in total. The molecule has 0 atom stereocenters. The maximum Gasteiger partial charge on any atom is 0.414 e. The molecule has 0 unspecified atom stereocenters. The minimum atomic E-state index is -0.241. The van der Waals surface area contributed by atoms with E-state index in [0.29, 0.717) is 13.2 Å². The number of nitrogens with zero attached hydrogens (tertiary/aromatic N) is 2. The number of nitrogens with one attached hydrogen (secondary N) is 1. The molecule has 34 heavy (non-hydrogen) atoms. The van der Waals surface area contributed by atoms with E-state index in [9.17, 15) is 4.79 Å². The zero-order valence-corrected chi connectivity index (χ0v) is 21.4. The van der Waals surface area contributed by atoms with Gasteiger partial charge in [0.2, 0.25) is 0 Å². The predicted molar refractivity (Wildman–Crippen MR) is 146 cm³/mol. The molecular weight excluding hydrogens is 464 g/mol. The topological polar surface area (TPSA) is 70.8 Å². The van der Waals surface area contributed by atoms with Crippen molar-refractivity contribution in [1.29, 1.82) is 0 Å². The predicted octanol–water partition coefficient (Wildman–Crippen LogP) is 4.23. The molecule has 2 fully saturated rings. The Balaban J connectivity index is 0.00000133. The largest absolute Gasteiger partial charge is 0.447 e. The average molecular weight is 499 g/mol. The van der Waals surface area contributed by atoms with E-state index < -0.39 is 0 Å². The number of ether oxygens (including phenoxy) is 1. The van der Waals surface area contributed by atoms with Gasteiger partial charge in [0.1, 0.15) is 6.61 Å². The lowest BCUT2D eigenvalue weighted by molar-refractivity contribution is 0.181. The lowest BCUT2D eigenvalue weighted by Crippen LogP contribution is -2.32. The lowest BCUT2D eigenvalue weighted by Gasteiger charge is -2.28. The standard InChI is InChI=1S/C25H29N3O2S2.CH5N/c29-25-28(8-11-30-25)23-5-4-20-6-7-26-17-24(32-18-21(20)16-23)15-19-2-1-3-22(14-19)27-9-12-31-13-10-27;1-2/h1-5,14,16-17,26H,6-13,15,18H2;2H2,1H3/b24-17-;. The summed E-state index contributed by atoms with van der Waals surface area (Å²) in [6, 6.07) is 15.4. The van der Waals surface area contributed by atoms with E-state index >= 15 is 0 Å². The summed E-state index contributed by atoms with van der Waals surface area (Å²) in [6.45, 7) is 4.28. The molecule has 5 rings (SSSR count). The van der Waals surface area contributed by atoms with Gasteiger partial charge < -0.3 is 20.7 Å². The van der Waals surface area contributed by atoms with Crippen LogP contribution in [0.3, 0.4) is 0 Å². The van der Waals surface area contributed by atoms with Crippen LogP contribution < -0.4 is 20.9 Å². The smallest absolute Gasteiger partial charge is 0.414 e. The molecule has 0 saturated carbocycles. The van der Waals surface area contributed by atoms with Gasteiger partial charge in [0, 0.05) is 65.8 Å². The van der Waals surface area contributed by atoms with E-state index in [1.54, 1.807) is 4.90 Å². The number of nitrogens with two attached hydrogens (primary N) is 1. The SMILES string of the molecule is CN.O=C1OCCN1c1ccc2c(c1)CS/C(Cc1cccc(N3CCSCC3)c1)=C\NCC2. The van der Waals surface area contributed by atoms with E-state index in [-0.39, 0.29) is 6.09 Å². The van der Waals surface area contributed by atoms with E-state index in [4.69, 9.17) is 4.74 Å². The number of carbonyl (C=O) groups excluding carboxylic acids is 1. The number of fused-ring (bicyclic) bond motifs is 1. The van der Waals surface area contributed by atoms with Crippen molar-refractivity contribution in [3.63, 3.8) is 0 Å². The number of hydrogen-bond acceptors (Lipinski definition) is 7. The van der Waals surface area contributed by atoms with Crippen molar-refractivity contribution in [2.75, 3.05) is 61.1 Å². The van der Waals surface area contributed by atoms with Crippen molar-refractivity contribution in [3.8, 4) is 0 Å². The van der Waals surface area contributed by atoms with Gasteiger partial charge in [-0.25, -0.2) is 4.79 Å². The van der Waals surface area contributed by atoms with Crippen LogP contribution in [-0.2, 0) is 23.3 Å². The van der Waals surface area contributed by atoms with Crippen LogP contribution in [0, 0.1) is 0 Å². The highest BCUT2D eigenvalue weighted by atomic mass is 32.2.